The third-order valence-corrected chi connectivity index (χ3v) is 4.57. The van der Waals surface area contributed by atoms with Crippen LogP contribution in [0.5, 0.6) is 0 Å². The van der Waals surface area contributed by atoms with Crippen molar-refractivity contribution >= 4 is 17.5 Å². The van der Waals surface area contributed by atoms with Gasteiger partial charge in [-0.25, -0.2) is 0 Å². The van der Waals surface area contributed by atoms with Gasteiger partial charge in [0.25, 0.3) is 0 Å². The number of Topliss-reactive ketones (excluding diaryl/α,β-unsaturated/α-hetero) is 1. The number of anilines is 1. The molecule has 1 unspecified atom stereocenters. The minimum atomic E-state index is -0.565. The molecule has 1 saturated heterocycles. The van der Waals surface area contributed by atoms with E-state index in [4.69, 9.17) is 5.26 Å². The van der Waals surface area contributed by atoms with Gasteiger partial charge in [-0.1, -0.05) is 38.1 Å². The van der Waals surface area contributed by atoms with Crippen LogP contribution in [0.1, 0.15) is 36.6 Å². The van der Waals surface area contributed by atoms with Gasteiger partial charge in [0.1, 0.15) is 12.1 Å². The van der Waals surface area contributed by atoms with E-state index in [9.17, 15) is 9.59 Å². The molecule has 0 radical (unpaired) electrons. The van der Waals surface area contributed by atoms with Crippen molar-refractivity contribution in [3.8, 4) is 6.07 Å². The first kappa shape index (κ1) is 18.5. The Labute approximate surface area is 158 Å². The summed E-state index contributed by atoms with van der Waals surface area (Å²) in [7, 11) is 0. The zero-order chi connectivity index (χ0) is 19.4. The van der Waals surface area contributed by atoms with Gasteiger partial charge in [0.05, 0.1) is 13.0 Å². The van der Waals surface area contributed by atoms with Gasteiger partial charge in [0.15, 0.2) is 17.3 Å². The highest BCUT2D eigenvalue weighted by atomic mass is 16.2. The Kier molecular flexibility index (Phi) is 5.46. The summed E-state index contributed by atoms with van der Waals surface area (Å²) in [5.41, 5.74) is 2.36. The average Bonchev–Trinajstić information content (AvgIpc) is 3.02. The number of rotatable bonds is 5. The van der Waals surface area contributed by atoms with Gasteiger partial charge in [-0.2, -0.15) is 5.26 Å². The van der Waals surface area contributed by atoms with Gasteiger partial charge >= 0.3 is 0 Å². The van der Waals surface area contributed by atoms with E-state index in [2.05, 4.69) is 29.4 Å². The van der Waals surface area contributed by atoms with Crippen LogP contribution in [-0.4, -0.2) is 41.0 Å². The Balaban J connectivity index is 1.57. The van der Waals surface area contributed by atoms with Crippen LogP contribution in [0.2, 0.25) is 0 Å². The molecular weight excluding hydrogens is 342 g/mol. The maximum atomic E-state index is 12.3. The topological polar surface area (TPSA) is 99.0 Å². The SMILES string of the molecule is CC(C)c1ccc(CC(=O)NC2CN(c3ccc(C#N)nn3)CC2=O)cc1. The van der Waals surface area contributed by atoms with Crippen molar-refractivity contribution in [3.05, 3.63) is 53.2 Å². The summed E-state index contributed by atoms with van der Waals surface area (Å²) in [6.07, 6.45) is 0.235. The Morgan fingerprint density at radius 2 is 2.00 bits per heavy atom. The van der Waals surface area contributed by atoms with E-state index in [0.29, 0.717) is 18.3 Å². The van der Waals surface area contributed by atoms with Crippen LogP contribution in [0.3, 0.4) is 0 Å². The molecule has 1 aromatic carbocycles. The molecule has 2 aromatic rings. The molecule has 1 aromatic heterocycles. The summed E-state index contributed by atoms with van der Waals surface area (Å²) >= 11 is 0. The molecule has 27 heavy (non-hydrogen) atoms. The summed E-state index contributed by atoms with van der Waals surface area (Å²) in [5, 5.41) is 19.3. The number of hydrogen-bond donors (Lipinski definition) is 1. The second-order valence-corrected chi connectivity index (χ2v) is 6.93. The van der Waals surface area contributed by atoms with Gasteiger partial charge in [0.2, 0.25) is 5.91 Å². The van der Waals surface area contributed by atoms with Crippen LogP contribution in [0.4, 0.5) is 5.82 Å². The van der Waals surface area contributed by atoms with Crippen molar-refractivity contribution in [1.82, 2.24) is 15.5 Å². The lowest BCUT2D eigenvalue weighted by atomic mass is 10.0. The second-order valence-electron chi connectivity index (χ2n) is 6.93. The predicted molar refractivity (Wildman–Crippen MR) is 100 cm³/mol. The zero-order valence-corrected chi connectivity index (χ0v) is 15.3. The largest absolute Gasteiger partial charge is 0.345 e. The number of nitrogens with zero attached hydrogens (tertiary/aromatic N) is 4. The van der Waals surface area contributed by atoms with E-state index in [1.54, 1.807) is 17.0 Å². The van der Waals surface area contributed by atoms with Crippen molar-refractivity contribution in [2.75, 3.05) is 18.0 Å². The summed E-state index contributed by atoms with van der Waals surface area (Å²) in [4.78, 5) is 26.3. The van der Waals surface area contributed by atoms with E-state index in [1.807, 2.05) is 30.3 Å². The maximum absolute atomic E-state index is 12.3. The van der Waals surface area contributed by atoms with Crippen LogP contribution in [0.25, 0.3) is 0 Å². The van der Waals surface area contributed by atoms with Gasteiger partial charge in [-0.05, 0) is 29.2 Å². The Hall–Kier alpha value is -3.27. The minimum absolute atomic E-state index is 0.0651. The molecule has 1 amide bonds. The lowest BCUT2D eigenvalue weighted by Gasteiger charge is -2.16. The molecule has 7 nitrogen and oxygen atoms in total. The number of ketones is 1. The molecule has 138 valence electrons. The Morgan fingerprint density at radius 1 is 1.26 bits per heavy atom. The zero-order valence-electron chi connectivity index (χ0n) is 15.3. The van der Waals surface area contributed by atoms with Crippen molar-refractivity contribution in [2.45, 2.75) is 32.2 Å². The predicted octanol–water partition coefficient (Wildman–Crippen LogP) is 1.59. The van der Waals surface area contributed by atoms with Gasteiger partial charge in [0, 0.05) is 6.54 Å². The lowest BCUT2D eigenvalue weighted by molar-refractivity contribution is -0.125. The first-order valence-electron chi connectivity index (χ1n) is 8.86. The fraction of sp³-hybridized carbons (Fsp3) is 0.350. The van der Waals surface area contributed by atoms with Crippen LogP contribution in [0.15, 0.2) is 36.4 Å². The smallest absolute Gasteiger partial charge is 0.225 e. The summed E-state index contributed by atoms with van der Waals surface area (Å²) in [6, 6.07) is 12.5. The lowest BCUT2D eigenvalue weighted by Crippen LogP contribution is -2.41. The minimum Gasteiger partial charge on any atom is -0.345 e. The van der Waals surface area contributed by atoms with Crippen molar-refractivity contribution in [1.29, 1.82) is 5.26 Å². The fourth-order valence-electron chi connectivity index (χ4n) is 2.99. The van der Waals surface area contributed by atoms with E-state index < -0.39 is 6.04 Å². The molecule has 0 spiro atoms. The molecule has 7 heteroatoms. The quantitative estimate of drug-likeness (QED) is 0.866. The monoisotopic (exact) mass is 363 g/mol. The molecule has 1 N–H and O–H groups in total. The molecule has 0 aliphatic carbocycles. The molecule has 0 saturated carbocycles. The molecule has 2 heterocycles. The average molecular weight is 363 g/mol. The fourth-order valence-corrected chi connectivity index (χ4v) is 2.99. The van der Waals surface area contributed by atoms with Gasteiger partial charge in [-0.3, -0.25) is 9.59 Å². The molecule has 1 atom stereocenters. The maximum Gasteiger partial charge on any atom is 0.225 e. The molecule has 1 aliphatic heterocycles. The molecule has 3 rings (SSSR count). The van der Waals surface area contributed by atoms with Gasteiger partial charge < -0.3 is 10.2 Å². The number of carbonyl (C=O) groups is 2. The molecule has 1 aliphatic rings. The third kappa shape index (κ3) is 4.47. The molecule has 1 fully saturated rings. The van der Waals surface area contributed by atoms with Crippen LogP contribution in [-0.2, 0) is 16.0 Å². The van der Waals surface area contributed by atoms with Crippen molar-refractivity contribution in [3.63, 3.8) is 0 Å². The van der Waals surface area contributed by atoms with Crippen LogP contribution < -0.4 is 10.2 Å². The summed E-state index contributed by atoms with van der Waals surface area (Å²) in [5.74, 6) is 0.715. The number of benzene rings is 1. The Morgan fingerprint density at radius 3 is 2.59 bits per heavy atom. The van der Waals surface area contributed by atoms with E-state index >= 15 is 0 Å². The molecular formula is C20H21N5O2. The normalized spacial score (nSPS) is 16.4. The van der Waals surface area contributed by atoms with Gasteiger partial charge in [-0.15, -0.1) is 10.2 Å². The van der Waals surface area contributed by atoms with Crippen LogP contribution in [0, 0.1) is 11.3 Å². The highest BCUT2D eigenvalue weighted by molar-refractivity contribution is 5.95. The number of hydrogen-bond acceptors (Lipinski definition) is 6. The highest BCUT2D eigenvalue weighted by Gasteiger charge is 2.32. The number of nitriles is 1. The van der Waals surface area contributed by atoms with E-state index in [1.165, 1.54) is 5.56 Å². The standard InChI is InChI=1S/C20H21N5O2/c1-13(2)15-5-3-14(4-6-15)9-20(27)22-17-11-25(12-18(17)26)19-8-7-16(10-21)23-24-19/h3-8,13,17H,9,11-12H2,1-2H3,(H,22,27). The van der Waals surface area contributed by atoms with Crippen molar-refractivity contribution in [2.24, 2.45) is 0 Å². The van der Waals surface area contributed by atoms with E-state index in [-0.39, 0.29) is 30.3 Å². The highest BCUT2D eigenvalue weighted by Crippen LogP contribution is 2.17. The number of amides is 1. The summed E-state index contributed by atoms with van der Waals surface area (Å²) in [6.45, 7) is 4.75. The number of carbonyl (C=O) groups excluding carboxylic acids is 2. The first-order valence-corrected chi connectivity index (χ1v) is 8.86. The number of aromatic nitrogens is 2. The second kappa shape index (κ2) is 7.96. The summed E-state index contributed by atoms with van der Waals surface area (Å²) < 4.78 is 0. The molecule has 0 bridgehead atoms. The van der Waals surface area contributed by atoms with E-state index in [0.717, 1.165) is 5.56 Å². The first-order chi connectivity index (χ1) is 13.0. The number of nitrogens with one attached hydrogen (secondary N) is 1. The van der Waals surface area contributed by atoms with Crippen LogP contribution >= 0.6 is 0 Å². The van der Waals surface area contributed by atoms with Crippen molar-refractivity contribution < 1.29 is 9.59 Å². The third-order valence-electron chi connectivity index (χ3n) is 4.57. The Bertz CT molecular complexity index is 869.